The van der Waals surface area contributed by atoms with Crippen LogP contribution in [0.25, 0.3) is 10.9 Å². The van der Waals surface area contributed by atoms with E-state index in [1.54, 1.807) is 33.9 Å². The van der Waals surface area contributed by atoms with Gasteiger partial charge >= 0.3 is 5.97 Å². The number of aliphatic carboxylic acids is 1. The smallest absolute Gasteiger partial charge is 0.311 e. The SMILES string of the molecule is CC(C)(NC(=O)c1c[nH]c2ccccc12)C(C)(C)C(=O)O. The van der Waals surface area contributed by atoms with Crippen LogP contribution in [0.1, 0.15) is 38.1 Å². The number of nitrogens with one attached hydrogen (secondary N) is 2. The van der Waals surface area contributed by atoms with E-state index in [0.29, 0.717) is 5.56 Å². The second kappa shape index (κ2) is 4.91. The van der Waals surface area contributed by atoms with E-state index in [1.165, 1.54) is 0 Å². The van der Waals surface area contributed by atoms with Gasteiger partial charge in [-0.25, -0.2) is 0 Å². The first kappa shape index (κ1) is 15.1. The number of carboxylic acids is 1. The van der Waals surface area contributed by atoms with Crippen LogP contribution in [0.5, 0.6) is 0 Å². The number of carbonyl (C=O) groups excluding carboxylic acids is 1. The Kier molecular flexibility index (Phi) is 3.53. The minimum atomic E-state index is -1.09. The van der Waals surface area contributed by atoms with E-state index < -0.39 is 16.9 Å². The minimum Gasteiger partial charge on any atom is -0.481 e. The van der Waals surface area contributed by atoms with E-state index in [0.717, 1.165) is 10.9 Å². The molecule has 5 heteroatoms. The second-order valence-electron chi connectivity index (χ2n) is 6.26. The molecule has 112 valence electrons. The quantitative estimate of drug-likeness (QED) is 0.809. The normalized spacial score (nSPS) is 12.4. The number of aromatic amines is 1. The lowest BCUT2D eigenvalue weighted by Crippen LogP contribution is -2.56. The fourth-order valence-corrected chi connectivity index (χ4v) is 2.03. The van der Waals surface area contributed by atoms with Crippen molar-refractivity contribution in [3.63, 3.8) is 0 Å². The van der Waals surface area contributed by atoms with Gasteiger partial charge in [-0.2, -0.15) is 0 Å². The number of fused-ring (bicyclic) bond motifs is 1. The summed E-state index contributed by atoms with van der Waals surface area (Å²) in [5, 5.41) is 13.0. The zero-order valence-electron chi connectivity index (χ0n) is 12.7. The second-order valence-corrected chi connectivity index (χ2v) is 6.26. The molecule has 0 saturated heterocycles. The van der Waals surface area contributed by atoms with E-state index in [-0.39, 0.29) is 5.91 Å². The van der Waals surface area contributed by atoms with E-state index >= 15 is 0 Å². The zero-order valence-corrected chi connectivity index (χ0v) is 12.7. The maximum absolute atomic E-state index is 12.5. The van der Waals surface area contributed by atoms with Gasteiger partial charge in [-0.05, 0) is 33.8 Å². The Morgan fingerprint density at radius 3 is 2.38 bits per heavy atom. The highest BCUT2D eigenvalue weighted by molar-refractivity contribution is 6.07. The molecule has 2 aromatic rings. The molecular formula is C16H20N2O3. The van der Waals surface area contributed by atoms with Crippen LogP contribution in [-0.2, 0) is 4.79 Å². The third kappa shape index (κ3) is 2.51. The van der Waals surface area contributed by atoms with Gasteiger partial charge in [-0.3, -0.25) is 9.59 Å². The summed E-state index contributed by atoms with van der Waals surface area (Å²) in [6.07, 6.45) is 1.64. The Hall–Kier alpha value is -2.30. The molecule has 21 heavy (non-hydrogen) atoms. The zero-order chi connectivity index (χ0) is 15.8. The van der Waals surface area contributed by atoms with Gasteiger partial charge in [0.15, 0.2) is 0 Å². The first-order valence-electron chi connectivity index (χ1n) is 6.79. The number of para-hydroxylation sites is 1. The lowest BCUT2D eigenvalue weighted by molar-refractivity contribution is -0.150. The molecule has 0 aliphatic carbocycles. The lowest BCUT2D eigenvalue weighted by Gasteiger charge is -2.38. The third-order valence-electron chi connectivity index (χ3n) is 4.36. The van der Waals surface area contributed by atoms with Crippen molar-refractivity contribution in [2.75, 3.05) is 0 Å². The summed E-state index contributed by atoms with van der Waals surface area (Å²) in [6.45, 7) is 6.64. The van der Waals surface area contributed by atoms with Crippen LogP contribution >= 0.6 is 0 Å². The monoisotopic (exact) mass is 288 g/mol. The summed E-state index contributed by atoms with van der Waals surface area (Å²) in [6, 6.07) is 7.49. The first-order chi connectivity index (χ1) is 9.67. The predicted octanol–water partition coefficient (Wildman–Crippen LogP) is 2.79. The average Bonchev–Trinajstić information content (AvgIpc) is 2.81. The van der Waals surface area contributed by atoms with Crippen molar-refractivity contribution in [2.45, 2.75) is 33.2 Å². The van der Waals surface area contributed by atoms with Gasteiger partial charge in [-0.1, -0.05) is 18.2 Å². The molecule has 0 aliphatic rings. The van der Waals surface area contributed by atoms with E-state index in [4.69, 9.17) is 0 Å². The van der Waals surface area contributed by atoms with Crippen molar-refractivity contribution < 1.29 is 14.7 Å². The Balaban J connectivity index is 2.32. The Bertz CT molecular complexity index is 698. The number of carboxylic acid groups (broad SMARTS) is 1. The Morgan fingerprint density at radius 1 is 1.14 bits per heavy atom. The summed E-state index contributed by atoms with van der Waals surface area (Å²) >= 11 is 0. The molecule has 0 aliphatic heterocycles. The van der Waals surface area contributed by atoms with Crippen molar-refractivity contribution in [3.05, 3.63) is 36.0 Å². The van der Waals surface area contributed by atoms with E-state index in [1.807, 2.05) is 24.3 Å². The fraction of sp³-hybridized carbons (Fsp3) is 0.375. The standard InChI is InChI=1S/C16H20N2O3/c1-15(2,14(20)21)16(3,4)18-13(19)11-9-17-12-8-6-5-7-10(11)12/h5-9,17H,1-4H3,(H,18,19)(H,20,21). The highest BCUT2D eigenvalue weighted by Crippen LogP contribution is 2.31. The molecule has 0 atom stereocenters. The van der Waals surface area contributed by atoms with Crippen molar-refractivity contribution in [3.8, 4) is 0 Å². The van der Waals surface area contributed by atoms with Crippen molar-refractivity contribution in [2.24, 2.45) is 5.41 Å². The summed E-state index contributed by atoms with van der Waals surface area (Å²) in [5.41, 5.74) is -0.596. The maximum atomic E-state index is 12.5. The minimum absolute atomic E-state index is 0.285. The van der Waals surface area contributed by atoms with Crippen molar-refractivity contribution in [1.82, 2.24) is 10.3 Å². The van der Waals surface area contributed by atoms with Crippen molar-refractivity contribution >= 4 is 22.8 Å². The molecular weight excluding hydrogens is 268 g/mol. The average molecular weight is 288 g/mol. The molecule has 0 saturated carbocycles. The molecule has 0 radical (unpaired) electrons. The van der Waals surface area contributed by atoms with Crippen molar-refractivity contribution in [1.29, 1.82) is 0 Å². The summed E-state index contributed by atoms with van der Waals surface area (Å²) < 4.78 is 0. The third-order valence-corrected chi connectivity index (χ3v) is 4.36. The van der Waals surface area contributed by atoms with Gasteiger partial charge in [-0.15, -0.1) is 0 Å². The molecule has 0 unspecified atom stereocenters. The van der Waals surface area contributed by atoms with Gasteiger partial charge in [0.1, 0.15) is 0 Å². The molecule has 5 nitrogen and oxygen atoms in total. The number of benzene rings is 1. The summed E-state index contributed by atoms with van der Waals surface area (Å²) in [5.74, 6) is -1.24. The Morgan fingerprint density at radius 2 is 1.76 bits per heavy atom. The van der Waals surface area contributed by atoms with E-state index in [9.17, 15) is 14.7 Å². The Labute approximate surface area is 123 Å². The van der Waals surface area contributed by atoms with Gasteiger partial charge < -0.3 is 15.4 Å². The topological polar surface area (TPSA) is 82.2 Å². The number of hydrogen-bond donors (Lipinski definition) is 3. The number of aromatic nitrogens is 1. The molecule has 1 amide bonds. The van der Waals surface area contributed by atoms with Crippen LogP contribution in [-0.4, -0.2) is 27.5 Å². The van der Waals surface area contributed by atoms with Crippen LogP contribution in [0.3, 0.4) is 0 Å². The molecule has 1 heterocycles. The van der Waals surface area contributed by atoms with Gasteiger partial charge in [0.25, 0.3) is 5.91 Å². The van der Waals surface area contributed by atoms with Gasteiger partial charge in [0.2, 0.25) is 0 Å². The van der Waals surface area contributed by atoms with Gasteiger partial charge in [0, 0.05) is 17.1 Å². The van der Waals surface area contributed by atoms with Crippen LogP contribution in [0.2, 0.25) is 0 Å². The number of rotatable bonds is 4. The van der Waals surface area contributed by atoms with Crippen LogP contribution in [0.4, 0.5) is 0 Å². The van der Waals surface area contributed by atoms with E-state index in [2.05, 4.69) is 10.3 Å². The van der Waals surface area contributed by atoms with Crippen LogP contribution in [0, 0.1) is 5.41 Å². The first-order valence-corrected chi connectivity index (χ1v) is 6.79. The molecule has 0 fully saturated rings. The lowest BCUT2D eigenvalue weighted by atomic mass is 9.74. The molecule has 0 spiro atoms. The maximum Gasteiger partial charge on any atom is 0.311 e. The van der Waals surface area contributed by atoms with Gasteiger partial charge in [0.05, 0.1) is 16.5 Å². The number of hydrogen-bond acceptors (Lipinski definition) is 2. The summed E-state index contributed by atoms with van der Waals surface area (Å²) in [4.78, 5) is 26.9. The highest BCUT2D eigenvalue weighted by Gasteiger charge is 2.44. The fourth-order valence-electron chi connectivity index (χ4n) is 2.03. The largest absolute Gasteiger partial charge is 0.481 e. The molecule has 1 aromatic heterocycles. The number of H-pyrrole nitrogens is 1. The molecule has 3 N–H and O–H groups in total. The number of amides is 1. The molecule has 2 rings (SSSR count). The van der Waals surface area contributed by atoms with Crippen LogP contribution < -0.4 is 5.32 Å². The molecule has 1 aromatic carbocycles. The predicted molar refractivity (Wildman–Crippen MR) is 81.3 cm³/mol. The summed E-state index contributed by atoms with van der Waals surface area (Å²) in [7, 11) is 0. The molecule has 0 bridgehead atoms. The highest BCUT2D eigenvalue weighted by atomic mass is 16.4. The van der Waals surface area contributed by atoms with Crippen LogP contribution in [0.15, 0.2) is 30.5 Å². The number of carbonyl (C=O) groups is 2.